The highest BCUT2D eigenvalue weighted by Gasteiger charge is 2.09. The van der Waals surface area contributed by atoms with Crippen LogP contribution in [0.4, 0.5) is 0 Å². The molecule has 2 unspecified atom stereocenters. The summed E-state index contributed by atoms with van der Waals surface area (Å²) in [6.07, 6.45) is 0.811. The topological polar surface area (TPSA) is 44.5 Å². The number of nitrogens with two attached hydrogens (primary N) is 1. The Bertz CT molecular complexity index is 355. The Morgan fingerprint density at radius 1 is 1.35 bits per heavy atom. The Morgan fingerprint density at radius 3 is 2.65 bits per heavy atom. The summed E-state index contributed by atoms with van der Waals surface area (Å²) in [6, 6.07) is 5.68. The molecule has 0 saturated carbocycles. The van der Waals surface area contributed by atoms with Crippen LogP contribution in [0.3, 0.4) is 0 Å². The third kappa shape index (κ3) is 4.94. The van der Waals surface area contributed by atoms with Crippen molar-refractivity contribution in [3.63, 3.8) is 0 Å². The van der Waals surface area contributed by atoms with Gasteiger partial charge in [-0.05, 0) is 44.0 Å². The third-order valence-corrected chi connectivity index (χ3v) is 2.68. The minimum atomic E-state index is 0.0637. The van der Waals surface area contributed by atoms with E-state index in [4.69, 9.17) is 26.8 Å². The van der Waals surface area contributed by atoms with Gasteiger partial charge < -0.3 is 15.2 Å². The number of hydrogen-bond acceptors (Lipinski definition) is 3. The minimum Gasteiger partial charge on any atom is -0.491 e. The average molecular weight is 258 g/mol. The van der Waals surface area contributed by atoms with E-state index < -0.39 is 0 Å². The molecular formula is C13H20ClNO2. The number of halogens is 1. The second-order valence-electron chi connectivity index (χ2n) is 4.29. The van der Waals surface area contributed by atoms with Crippen LogP contribution in [0.2, 0.25) is 5.02 Å². The molecule has 0 aliphatic carbocycles. The first-order chi connectivity index (χ1) is 8.02. The molecule has 0 aliphatic rings. The van der Waals surface area contributed by atoms with Crippen LogP contribution in [0.5, 0.6) is 5.75 Å². The van der Waals surface area contributed by atoms with Gasteiger partial charge >= 0.3 is 0 Å². The van der Waals surface area contributed by atoms with Crippen molar-refractivity contribution in [1.82, 2.24) is 0 Å². The Morgan fingerprint density at radius 2 is 2.06 bits per heavy atom. The highest BCUT2D eigenvalue weighted by molar-refractivity contribution is 6.30. The third-order valence-electron chi connectivity index (χ3n) is 2.44. The fourth-order valence-corrected chi connectivity index (χ4v) is 1.67. The van der Waals surface area contributed by atoms with Crippen LogP contribution in [-0.4, -0.2) is 25.9 Å². The maximum Gasteiger partial charge on any atom is 0.122 e. The number of hydrogen-bond donors (Lipinski definition) is 1. The summed E-state index contributed by atoms with van der Waals surface area (Å²) in [5, 5.41) is 0.702. The van der Waals surface area contributed by atoms with E-state index in [-0.39, 0.29) is 12.1 Å². The second kappa shape index (κ2) is 6.84. The lowest BCUT2D eigenvalue weighted by Crippen LogP contribution is -2.20. The molecule has 17 heavy (non-hydrogen) atoms. The lowest BCUT2D eigenvalue weighted by atomic mass is 10.1. The van der Waals surface area contributed by atoms with Gasteiger partial charge in [-0.15, -0.1) is 0 Å². The normalized spacial score (nSPS) is 14.4. The molecule has 0 amide bonds. The maximum absolute atomic E-state index is 5.97. The molecule has 0 saturated heterocycles. The van der Waals surface area contributed by atoms with Crippen molar-refractivity contribution in [1.29, 1.82) is 0 Å². The van der Waals surface area contributed by atoms with Gasteiger partial charge in [0.25, 0.3) is 0 Å². The number of benzene rings is 1. The van der Waals surface area contributed by atoms with Gasteiger partial charge in [-0.25, -0.2) is 0 Å². The van der Waals surface area contributed by atoms with Crippen LogP contribution >= 0.6 is 11.6 Å². The predicted molar refractivity (Wildman–Crippen MR) is 70.8 cm³/mol. The SMILES string of the molecule is COC(C)COc1ccc(Cl)cc1CC(C)N. The lowest BCUT2D eigenvalue weighted by Gasteiger charge is -2.16. The first-order valence-electron chi connectivity index (χ1n) is 5.72. The number of rotatable bonds is 6. The standard InChI is InChI=1S/C13H20ClNO2/c1-9(15)6-11-7-12(14)4-5-13(11)17-8-10(2)16-3/h4-5,7,9-10H,6,8,15H2,1-3H3. The second-order valence-corrected chi connectivity index (χ2v) is 4.73. The summed E-state index contributed by atoms with van der Waals surface area (Å²) in [4.78, 5) is 0. The Labute approximate surface area is 108 Å². The molecule has 96 valence electrons. The molecule has 1 rings (SSSR count). The van der Waals surface area contributed by atoms with Gasteiger partial charge in [0.05, 0.1) is 6.10 Å². The van der Waals surface area contributed by atoms with Gasteiger partial charge in [0.1, 0.15) is 12.4 Å². The van der Waals surface area contributed by atoms with Gasteiger partial charge in [0.15, 0.2) is 0 Å². The van der Waals surface area contributed by atoms with Crippen molar-refractivity contribution in [3.05, 3.63) is 28.8 Å². The van der Waals surface area contributed by atoms with Crippen LogP contribution in [0.15, 0.2) is 18.2 Å². The van der Waals surface area contributed by atoms with Crippen molar-refractivity contribution >= 4 is 11.6 Å². The first-order valence-corrected chi connectivity index (χ1v) is 6.10. The van der Waals surface area contributed by atoms with Crippen LogP contribution in [0, 0.1) is 0 Å². The summed E-state index contributed by atoms with van der Waals surface area (Å²) < 4.78 is 10.8. The highest BCUT2D eigenvalue weighted by atomic mass is 35.5. The zero-order valence-corrected chi connectivity index (χ0v) is 11.3. The molecule has 4 heteroatoms. The van der Waals surface area contributed by atoms with Gasteiger partial charge in [-0.1, -0.05) is 11.6 Å². The van der Waals surface area contributed by atoms with E-state index in [9.17, 15) is 0 Å². The molecule has 2 atom stereocenters. The van der Waals surface area contributed by atoms with Crippen LogP contribution in [-0.2, 0) is 11.2 Å². The fraction of sp³-hybridized carbons (Fsp3) is 0.538. The van der Waals surface area contributed by atoms with E-state index in [1.54, 1.807) is 7.11 Å². The fourth-order valence-electron chi connectivity index (χ4n) is 1.47. The van der Waals surface area contributed by atoms with Gasteiger partial charge in [0.2, 0.25) is 0 Å². The van der Waals surface area contributed by atoms with Crippen LogP contribution < -0.4 is 10.5 Å². The molecule has 0 bridgehead atoms. The van der Waals surface area contributed by atoms with E-state index in [1.165, 1.54) is 0 Å². The molecule has 3 nitrogen and oxygen atoms in total. The van der Waals surface area contributed by atoms with Crippen molar-refractivity contribution < 1.29 is 9.47 Å². The summed E-state index contributed by atoms with van der Waals surface area (Å²) in [6.45, 7) is 4.44. The van der Waals surface area contributed by atoms with E-state index in [2.05, 4.69) is 0 Å². The Balaban J connectivity index is 2.75. The largest absolute Gasteiger partial charge is 0.491 e. The zero-order chi connectivity index (χ0) is 12.8. The summed E-state index contributed by atoms with van der Waals surface area (Å²) in [5.41, 5.74) is 6.84. The molecule has 0 fully saturated rings. The monoisotopic (exact) mass is 257 g/mol. The van der Waals surface area contributed by atoms with Crippen molar-refractivity contribution in [2.24, 2.45) is 5.73 Å². The van der Waals surface area contributed by atoms with Gasteiger partial charge in [-0.3, -0.25) is 0 Å². The number of ether oxygens (including phenoxy) is 2. The smallest absolute Gasteiger partial charge is 0.122 e. The average Bonchev–Trinajstić information content (AvgIpc) is 2.26. The Hall–Kier alpha value is -0.770. The summed E-state index contributed by atoms with van der Waals surface area (Å²) >= 11 is 5.97. The molecule has 0 radical (unpaired) electrons. The molecule has 0 aromatic heterocycles. The van der Waals surface area contributed by atoms with Gasteiger partial charge in [-0.2, -0.15) is 0 Å². The highest BCUT2D eigenvalue weighted by Crippen LogP contribution is 2.24. The maximum atomic E-state index is 5.97. The van der Waals surface area contributed by atoms with E-state index in [1.807, 2.05) is 32.0 Å². The van der Waals surface area contributed by atoms with E-state index >= 15 is 0 Å². The zero-order valence-electron chi connectivity index (χ0n) is 10.6. The first kappa shape index (κ1) is 14.3. The van der Waals surface area contributed by atoms with Crippen molar-refractivity contribution in [2.45, 2.75) is 32.4 Å². The minimum absolute atomic E-state index is 0.0637. The van der Waals surface area contributed by atoms with Crippen molar-refractivity contribution in [2.75, 3.05) is 13.7 Å². The summed E-state index contributed by atoms with van der Waals surface area (Å²) in [7, 11) is 1.67. The van der Waals surface area contributed by atoms with Crippen molar-refractivity contribution in [3.8, 4) is 5.75 Å². The van der Waals surface area contributed by atoms with Crippen LogP contribution in [0.1, 0.15) is 19.4 Å². The summed E-state index contributed by atoms with van der Waals surface area (Å²) in [5.74, 6) is 0.829. The molecule has 0 heterocycles. The van der Waals surface area contributed by atoms with Gasteiger partial charge in [0, 0.05) is 18.2 Å². The predicted octanol–water partition coefficient (Wildman–Crippen LogP) is 2.64. The molecule has 0 spiro atoms. The number of methoxy groups -OCH3 is 1. The molecule has 1 aromatic carbocycles. The molecule has 1 aromatic rings. The van der Waals surface area contributed by atoms with Crippen LogP contribution in [0.25, 0.3) is 0 Å². The molecule has 0 aliphatic heterocycles. The quantitative estimate of drug-likeness (QED) is 0.852. The van der Waals surface area contributed by atoms with E-state index in [0.717, 1.165) is 17.7 Å². The Kier molecular flexibility index (Phi) is 5.75. The molecule has 2 N–H and O–H groups in total. The molecular weight excluding hydrogens is 238 g/mol. The van der Waals surface area contributed by atoms with E-state index in [0.29, 0.717) is 11.6 Å². The lowest BCUT2D eigenvalue weighted by molar-refractivity contribution is 0.0713.